The number of nitrogen functional groups attached to an aromatic ring is 1. The highest BCUT2D eigenvalue weighted by molar-refractivity contribution is 5.77. The molecule has 5 heteroatoms. The Morgan fingerprint density at radius 3 is 2.82 bits per heavy atom. The Kier molecular flexibility index (Phi) is 4.75. The van der Waals surface area contributed by atoms with Gasteiger partial charge < -0.3 is 16.4 Å². The van der Waals surface area contributed by atoms with E-state index in [0.717, 1.165) is 5.56 Å². The van der Waals surface area contributed by atoms with Crippen LogP contribution >= 0.6 is 0 Å². The van der Waals surface area contributed by atoms with Crippen molar-refractivity contribution in [2.75, 3.05) is 24.1 Å². The van der Waals surface area contributed by atoms with Crippen LogP contribution in [-0.2, 0) is 4.79 Å². The van der Waals surface area contributed by atoms with E-state index in [4.69, 9.17) is 5.73 Å². The van der Waals surface area contributed by atoms with Crippen molar-refractivity contribution in [1.29, 1.82) is 0 Å². The van der Waals surface area contributed by atoms with Crippen LogP contribution in [0, 0.1) is 12.8 Å². The molecule has 1 aromatic heterocycles. The van der Waals surface area contributed by atoms with E-state index in [1.54, 1.807) is 6.20 Å². The molecule has 0 aliphatic heterocycles. The van der Waals surface area contributed by atoms with Gasteiger partial charge in [-0.1, -0.05) is 13.8 Å². The number of anilines is 2. The lowest BCUT2D eigenvalue weighted by Gasteiger charge is -2.11. The van der Waals surface area contributed by atoms with Crippen molar-refractivity contribution in [3.8, 4) is 0 Å². The van der Waals surface area contributed by atoms with Crippen LogP contribution in [0.5, 0.6) is 0 Å². The van der Waals surface area contributed by atoms with Crippen LogP contribution in [0.3, 0.4) is 0 Å². The molecule has 17 heavy (non-hydrogen) atoms. The Morgan fingerprint density at radius 1 is 1.47 bits per heavy atom. The van der Waals surface area contributed by atoms with Gasteiger partial charge >= 0.3 is 0 Å². The van der Waals surface area contributed by atoms with Gasteiger partial charge in [0.2, 0.25) is 5.91 Å². The number of amides is 1. The highest BCUT2D eigenvalue weighted by Gasteiger charge is 2.05. The van der Waals surface area contributed by atoms with Crippen molar-refractivity contribution in [1.82, 2.24) is 10.3 Å². The molecular weight excluding hydrogens is 216 g/mol. The van der Waals surface area contributed by atoms with Gasteiger partial charge in [-0.2, -0.15) is 0 Å². The smallest absolute Gasteiger partial charge is 0.222 e. The maximum atomic E-state index is 11.3. The van der Waals surface area contributed by atoms with E-state index in [2.05, 4.69) is 15.6 Å². The highest BCUT2D eigenvalue weighted by Crippen LogP contribution is 2.17. The van der Waals surface area contributed by atoms with E-state index in [1.165, 1.54) is 0 Å². The summed E-state index contributed by atoms with van der Waals surface area (Å²) in [7, 11) is 0. The molecule has 0 fully saturated rings. The van der Waals surface area contributed by atoms with Crippen molar-refractivity contribution in [2.24, 2.45) is 5.92 Å². The molecule has 5 nitrogen and oxygen atoms in total. The zero-order valence-corrected chi connectivity index (χ0v) is 10.6. The topological polar surface area (TPSA) is 80.0 Å². The number of hydrogen-bond donors (Lipinski definition) is 3. The van der Waals surface area contributed by atoms with Gasteiger partial charge in [0.1, 0.15) is 5.82 Å². The maximum Gasteiger partial charge on any atom is 0.222 e. The number of rotatable bonds is 5. The Bertz CT molecular complexity index is 390. The number of nitrogens with one attached hydrogen (secondary N) is 2. The summed E-state index contributed by atoms with van der Waals surface area (Å²) in [5.41, 5.74) is 7.51. The van der Waals surface area contributed by atoms with Gasteiger partial charge in [-0.05, 0) is 18.6 Å². The molecule has 1 rings (SSSR count). The summed E-state index contributed by atoms with van der Waals surface area (Å²) in [4.78, 5) is 15.4. The van der Waals surface area contributed by atoms with Gasteiger partial charge in [-0.25, -0.2) is 4.98 Å². The second kappa shape index (κ2) is 6.08. The largest absolute Gasteiger partial charge is 0.396 e. The summed E-state index contributed by atoms with van der Waals surface area (Å²) in [5, 5.41) is 5.91. The second-order valence-electron chi connectivity index (χ2n) is 4.26. The predicted molar refractivity (Wildman–Crippen MR) is 69.7 cm³/mol. The first-order chi connectivity index (χ1) is 8.02. The molecule has 1 heterocycles. The fourth-order valence-corrected chi connectivity index (χ4v) is 1.28. The minimum atomic E-state index is 0.0113. The molecule has 0 aliphatic rings. The third kappa shape index (κ3) is 3.94. The van der Waals surface area contributed by atoms with Crippen LogP contribution < -0.4 is 16.4 Å². The third-order valence-corrected chi connectivity index (χ3v) is 2.45. The third-order valence-electron chi connectivity index (χ3n) is 2.45. The van der Waals surface area contributed by atoms with Gasteiger partial charge in [0.25, 0.3) is 0 Å². The molecule has 0 unspecified atom stereocenters. The minimum absolute atomic E-state index is 0.0113. The van der Waals surface area contributed by atoms with Crippen molar-refractivity contribution in [2.45, 2.75) is 20.8 Å². The molecular formula is C12H20N4O. The lowest BCUT2D eigenvalue weighted by atomic mass is 10.2. The zero-order valence-electron chi connectivity index (χ0n) is 10.6. The summed E-state index contributed by atoms with van der Waals surface area (Å²) >= 11 is 0. The molecule has 0 aliphatic carbocycles. The van der Waals surface area contributed by atoms with Gasteiger partial charge in [0.15, 0.2) is 0 Å². The van der Waals surface area contributed by atoms with Crippen molar-refractivity contribution in [3.63, 3.8) is 0 Å². The lowest BCUT2D eigenvalue weighted by Crippen LogP contribution is -2.32. The normalized spacial score (nSPS) is 10.4. The van der Waals surface area contributed by atoms with Crippen LogP contribution in [-0.4, -0.2) is 24.0 Å². The zero-order chi connectivity index (χ0) is 12.8. The van der Waals surface area contributed by atoms with Crippen LogP contribution in [0.4, 0.5) is 11.5 Å². The number of hydrogen-bond acceptors (Lipinski definition) is 4. The maximum absolute atomic E-state index is 11.3. The number of aryl methyl sites for hydroxylation is 1. The first-order valence-electron chi connectivity index (χ1n) is 5.75. The Balaban J connectivity index is 2.36. The van der Waals surface area contributed by atoms with Gasteiger partial charge in [-0.3, -0.25) is 4.79 Å². The quantitative estimate of drug-likeness (QED) is 0.670. The number of carbonyl (C=O) groups is 1. The van der Waals surface area contributed by atoms with Gasteiger partial charge in [0, 0.05) is 25.2 Å². The summed E-state index contributed by atoms with van der Waals surface area (Å²) in [6.07, 6.45) is 1.71. The van der Waals surface area contributed by atoms with E-state index in [1.807, 2.05) is 26.8 Å². The predicted octanol–water partition coefficient (Wildman–Crippen LogP) is 1.16. The molecule has 0 bridgehead atoms. The number of nitrogens with two attached hydrogens (primary N) is 1. The summed E-state index contributed by atoms with van der Waals surface area (Å²) in [6, 6.07) is 1.86. The van der Waals surface area contributed by atoms with Gasteiger partial charge in [0.05, 0.1) is 5.69 Å². The molecule has 0 saturated carbocycles. The van der Waals surface area contributed by atoms with Crippen molar-refractivity contribution >= 4 is 17.4 Å². The number of nitrogens with zero attached hydrogens (tertiary/aromatic N) is 1. The molecule has 1 amide bonds. The number of pyridine rings is 1. The fraction of sp³-hybridized carbons (Fsp3) is 0.500. The number of aromatic nitrogens is 1. The first kappa shape index (κ1) is 13.3. The molecule has 94 valence electrons. The molecule has 0 aromatic carbocycles. The molecule has 0 atom stereocenters. The Labute approximate surface area is 102 Å². The van der Waals surface area contributed by atoms with E-state index in [0.29, 0.717) is 24.6 Å². The monoisotopic (exact) mass is 236 g/mol. The van der Waals surface area contributed by atoms with Crippen LogP contribution in [0.15, 0.2) is 12.3 Å². The Morgan fingerprint density at radius 2 is 2.18 bits per heavy atom. The highest BCUT2D eigenvalue weighted by atomic mass is 16.1. The SMILES string of the molecule is Cc1ccnc(NCCNC(=O)C(C)C)c1N. The van der Waals surface area contributed by atoms with E-state index in [-0.39, 0.29) is 11.8 Å². The molecule has 0 radical (unpaired) electrons. The fourth-order valence-electron chi connectivity index (χ4n) is 1.28. The second-order valence-corrected chi connectivity index (χ2v) is 4.26. The van der Waals surface area contributed by atoms with Crippen LogP contribution in [0.1, 0.15) is 19.4 Å². The molecule has 0 saturated heterocycles. The van der Waals surface area contributed by atoms with E-state index < -0.39 is 0 Å². The standard InChI is InChI=1S/C12H20N4O/c1-8(2)12(17)16-7-6-15-11-10(13)9(3)4-5-14-11/h4-5,8H,6-7,13H2,1-3H3,(H,14,15)(H,16,17). The molecule has 0 spiro atoms. The van der Waals surface area contributed by atoms with E-state index >= 15 is 0 Å². The van der Waals surface area contributed by atoms with Crippen molar-refractivity contribution in [3.05, 3.63) is 17.8 Å². The van der Waals surface area contributed by atoms with E-state index in [9.17, 15) is 4.79 Å². The summed E-state index contributed by atoms with van der Waals surface area (Å²) in [5.74, 6) is 0.734. The summed E-state index contributed by atoms with van der Waals surface area (Å²) in [6.45, 7) is 6.83. The van der Waals surface area contributed by atoms with Crippen LogP contribution in [0.25, 0.3) is 0 Å². The lowest BCUT2D eigenvalue weighted by molar-refractivity contribution is -0.123. The Hall–Kier alpha value is -1.78. The average Bonchev–Trinajstić information content (AvgIpc) is 2.29. The summed E-state index contributed by atoms with van der Waals surface area (Å²) < 4.78 is 0. The number of carbonyl (C=O) groups excluding carboxylic acids is 1. The van der Waals surface area contributed by atoms with Crippen molar-refractivity contribution < 1.29 is 4.79 Å². The molecule has 1 aromatic rings. The van der Waals surface area contributed by atoms with Gasteiger partial charge in [-0.15, -0.1) is 0 Å². The van der Waals surface area contributed by atoms with Crippen LogP contribution in [0.2, 0.25) is 0 Å². The molecule has 4 N–H and O–H groups in total. The minimum Gasteiger partial charge on any atom is -0.396 e. The average molecular weight is 236 g/mol. The first-order valence-corrected chi connectivity index (χ1v) is 5.75.